The summed E-state index contributed by atoms with van der Waals surface area (Å²) >= 11 is 0. The molecule has 0 aliphatic heterocycles. The van der Waals surface area contributed by atoms with E-state index >= 15 is 0 Å². The molecule has 2 nitrogen and oxygen atoms in total. The van der Waals surface area contributed by atoms with Crippen molar-refractivity contribution in [3.05, 3.63) is 0 Å². The van der Waals surface area contributed by atoms with Crippen LogP contribution in [0.1, 0.15) is 229 Å². The number of nitrogens with one attached hydrogen (secondary N) is 1. The molecule has 0 radical (unpaired) electrons. The van der Waals surface area contributed by atoms with Crippen molar-refractivity contribution in [2.24, 2.45) is 0 Å². The molecule has 0 heterocycles. The Bertz CT molecular complexity index is 300. The van der Waals surface area contributed by atoms with Gasteiger partial charge >= 0.3 is 0 Å². The van der Waals surface area contributed by atoms with Gasteiger partial charge in [0, 0.05) is 6.04 Å². The smallest absolute Gasteiger partial charge is 0.116 e. The molecule has 0 bridgehead atoms. The van der Waals surface area contributed by atoms with Gasteiger partial charge in [-0.2, -0.15) is 0 Å². The average Bonchev–Trinajstić information content (AvgIpc) is 2.95. The number of carbonyl (C=O) groups excluding carboxylic acids is 1. The molecular weight excluding hydrogens is 486 g/mol. The third kappa shape index (κ3) is 83.2. The second-order valence-electron chi connectivity index (χ2n) is 11.8. The van der Waals surface area contributed by atoms with Crippen molar-refractivity contribution in [3.8, 4) is 0 Å². The standard InChI is InChI=1S/C12H26.2C10H22.C4H11N.C2H4O/c1-3-5-7-9-11-12-10-8-6-4-2;2*1-3-5-7-9-10-8-6-4-2;1-4(2)5-3;1-2-3/h3-12H2,1-2H3;2*3-10H2,1-2H3;4-5H,1-3H3;2H,1H3. The Labute approximate surface area is 258 Å². The first kappa shape index (κ1) is 49.3. The van der Waals surface area contributed by atoms with Gasteiger partial charge in [-0.1, -0.05) is 222 Å². The van der Waals surface area contributed by atoms with Crippen LogP contribution in [0.15, 0.2) is 0 Å². The molecule has 0 atom stereocenters. The predicted molar refractivity (Wildman–Crippen MR) is 190 cm³/mol. The number of unbranched alkanes of at least 4 members (excludes halogenated alkanes) is 23. The van der Waals surface area contributed by atoms with Crippen LogP contribution >= 0.6 is 0 Å². The molecule has 1 N–H and O–H groups in total. The molecular formula is C38H85NO. The SMILES string of the molecule is CC=O.CCCCCCCCCC.CCCCCCCCCC.CCCCCCCCCCCC.CNC(C)C. The highest BCUT2D eigenvalue weighted by atomic mass is 16.1. The summed E-state index contributed by atoms with van der Waals surface area (Å²) in [6, 6.07) is 0.634. The van der Waals surface area contributed by atoms with E-state index in [1.165, 1.54) is 174 Å². The molecule has 0 aliphatic rings. The lowest BCUT2D eigenvalue weighted by atomic mass is 10.1. The molecule has 248 valence electrons. The molecule has 2 heteroatoms. The van der Waals surface area contributed by atoms with Gasteiger partial charge in [0.25, 0.3) is 0 Å². The van der Waals surface area contributed by atoms with E-state index in [2.05, 4.69) is 60.7 Å². The number of aldehydes is 1. The maximum Gasteiger partial charge on any atom is 0.116 e. The van der Waals surface area contributed by atoms with Gasteiger partial charge in [-0.15, -0.1) is 0 Å². The van der Waals surface area contributed by atoms with Crippen molar-refractivity contribution in [1.82, 2.24) is 5.32 Å². The summed E-state index contributed by atoms with van der Waals surface area (Å²) in [7, 11) is 1.95. The topological polar surface area (TPSA) is 29.1 Å². The molecule has 0 fully saturated rings. The lowest BCUT2D eigenvalue weighted by molar-refractivity contribution is -0.106. The fourth-order valence-corrected chi connectivity index (χ4v) is 3.97. The fourth-order valence-electron chi connectivity index (χ4n) is 3.97. The maximum atomic E-state index is 8.81. The van der Waals surface area contributed by atoms with Crippen molar-refractivity contribution in [3.63, 3.8) is 0 Å². The molecule has 0 spiro atoms. The molecule has 0 amide bonds. The second kappa shape index (κ2) is 58.3. The van der Waals surface area contributed by atoms with E-state index in [1.54, 1.807) is 0 Å². The summed E-state index contributed by atoms with van der Waals surface area (Å²) in [6.45, 7) is 19.3. The van der Waals surface area contributed by atoms with Crippen molar-refractivity contribution in [2.45, 2.75) is 235 Å². The fraction of sp³-hybridized carbons (Fsp3) is 0.974. The normalized spacial score (nSPS) is 9.78. The van der Waals surface area contributed by atoms with E-state index < -0.39 is 0 Å². The lowest BCUT2D eigenvalue weighted by Gasteiger charge is -1.99. The first-order valence-electron chi connectivity index (χ1n) is 18.5. The first-order chi connectivity index (χ1) is 19.4. The number of rotatable bonds is 24. The number of hydrogen-bond donors (Lipinski definition) is 1. The van der Waals surface area contributed by atoms with E-state index in [0.29, 0.717) is 6.04 Å². The van der Waals surface area contributed by atoms with Crippen LogP contribution in [-0.2, 0) is 4.79 Å². The number of hydrogen-bond acceptors (Lipinski definition) is 2. The summed E-state index contributed by atoms with van der Waals surface area (Å²) in [5, 5.41) is 3.03. The highest BCUT2D eigenvalue weighted by molar-refractivity contribution is 5.44. The van der Waals surface area contributed by atoms with Crippen LogP contribution in [-0.4, -0.2) is 19.4 Å². The second-order valence-corrected chi connectivity index (χ2v) is 11.8. The van der Waals surface area contributed by atoms with Gasteiger partial charge in [0.2, 0.25) is 0 Å². The van der Waals surface area contributed by atoms with Gasteiger partial charge in [0.05, 0.1) is 0 Å². The summed E-state index contributed by atoms with van der Waals surface area (Å²) in [5.74, 6) is 0. The van der Waals surface area contributed by atoms with Gasteiger partial charge in [0.1, 0.15) is 6.29 Å². The lowest BCUT2D eigenvalue weighted by Crippen LogP contribution is -2.15. The van der Waals surface area contributed by atoms with Crippen LogP contribution in [0.3, 0.4) is 0 Å². The third-order valence-electron chi connectivity index (χ3n) is 6.95. The van der Waals surface area contributed by atoms with Crippen LogP contribution in [0.4, 0.5) is 0 Å². The molecule has 0 aliphatic carbocycles. The Morgan fingerprint density at radius 2 is 0.500 bits per heavy atom. The Morgan fingerprint density at radius 1 is 0.400 bits per heavy atom. The molecule has 40 heavy (non-hydrogen) atoms. The summed E-state index contributed by atoms with van der Waals surface area (Å²) in [5.41, 5.74) is 0. The van der Waals surface area contributed by atoms with Crippen LogP contribution in [0.5, 0.6) is 0 Å². The van der Waals surface area contributed by atoms with Crippen molar-refractivity contribution >= 4 is 6.29 Å². The van der Waals surface area contributed by atoms with Crippen LogP contribution in [0, 0.1) is 0 Å². The van der Waals surface area contributed by atoms with Crippen molar-refractivity contribution < 1.29 is 4.79 Å². The Hall–Kier alpha value is -0.370. The highest BCUT2D eigenvalue weighted by Gasteiger charge is 1.90. The van der Waals surface area contributed by atoms with Gasteiger partial charge in [-0.3, -0.25) is 0 Å². The van der Waals surface area contributed by atoms with Gasteiger partial charge in [-0.05, 0) is 14.0 Å². The van der Waals surface area contributed by atoms with E-state index in [-0.39, 0.29) is 0 Å². The Morgan fingerprint density at radius 3 is 0.575 bits per heavy atom. The molecule has 0 aromatic carbocycles. The van der Waals surface area contributed by atoms with Crippen LogP contribution < -0.4 is 5.32 Å². The van der Waals surface area contributed by atoms with Crippen LogP contribution in [0.2, 0.25) is 0 Å². The zero-order chi connectivity index (χ0) is 31.4. The summed E-state index contributed by atoms with van der Waals surface area (Å²) in [6.07, 6.45) is 38.1. The van der Waals surface area contributed by atoms with Crippen LogP contribution in [0.25, 0.3) is 0 Å². The minimum absolute atomic E-state index is 0.634. The summed E-state index contributed by atoms with van der Waals surface area (Å²) in [4.78, 5) is 8.81. The quantitative estimate of drug-likeness (QED) is 0.0921. The molecule has 0 saturated carbocycles. The van der Waals surface area contributed by atoms with E-state index in [1.807, 2.05) is 7.05 Å². The molecule has 0 unspecified atom stereocenters. The van der Waals surface area contributed by atoms with Gasteiger partial charge < -0.3 is 10.1 Å². The molecule has 0 aromatic heterocycles. The summed E-state index contributed by atoms with van der Waals surface area (Å²) < 4.78 is 0. The average molecular weight is 572 g/mol. The Balaban J connectivity index is -0.000000135. The third-order valence-corrected chi connectivity index (χ3v) is 6.95. The Kier molecular flexibility index (Phi) is 71.9. The van der Waals surface area contributed by atoms with Crippen molar-refractivity contribution in [2.75, 3.05) is 7.05 Å². The largest absolute Gasteiger partial charge is 0.318 e. The minimum atomic E-state index is 0.634. The number of carbonyl (C=O) groups is 1. The predicted octanol–water partition coefficient (Wildman–Crippen LogP) is 14.0. The minimum Gasteiger partial charge on any atom is -0.318 e. The van der Waals surface area contributed by atoms with Crippen molar-refractivity contribution in [1.29, 1.82) is 0 Å². The first-order valence-corrected chi connectivity index (χ1v) is 18.5. The zero-order valence-electron chi connectivity index (χ0n) is 30.4. The zero-order valence-corrected chi connectivity index (χ0v) is 30.4. The molecule has 0 rings (SSSR count). The monoisotopic (exact) mass is 572 g/mol. The maximum absolute atomic E-state index is 8.81. The molecule has 0 saturated heterocycles. The van der Waals surface area contributed by atoms with E-state index in [4.69, 9.17) is 4.79 Å². The van der Waals surface area contributed by atoms with E-state index in [9.17, 15) is 0 Å². The van der Waals surface area contributed by atoms with Gasteiger partial charge in [-0.25, -0.2) is 0 Å². The highest BCUT2D eigenvalue weighted by Crippen LogP contribution is 2.10. The van der Waals surface area contributed by atoms with Gasteiger partial charge in [0.15, 0.2) is 0 Å². The van der Waals surface area contributed by atoms with E-state index in [0.717, 1.165) is 6.29 Å². The molecule has 0 aromatic rings.